The standard InChI is InChI=1S/C14H25N3S/c1-3-4-14(5-7-15-8-6-14)11-17(2)9-13-10-18-12-16-13/h10,12,15H,3-9,11H2,1-2H3. The van der Waals surface area contributed by atoms with Crippen LogP contribution in [-0.4, -0.2) is 36.6 Å². The Morgan fingerprint density at radius 1 is 1.44 bits per heavy atom. The fourth-order valence-electron chi connectivity index (χ4n) is 3.20. The molecule has 0 saturated carbocycles. The van der Waals surface area contributed by atoms with Crippen molar-refractivity contribution in [2.45, 2.75) is 39.2 Å². The van der Waals surface area contributed by atoms with Gasteiger partial charge in [0.05, 0.1) is 11.2 Å². The largest absolute Gasteiger partial charge is 0.317 e. The molecule has 0 spiro atoms. The summed E-state index contributed by atoms with van der Waals surface area (Å²) in [7, 11) is 2.23. The lowest BCUT2D eigenvalue weighted by molar-refractivity contribution is 0.112. The highest BCUT2D eigenvalue weighted by Crippen LogP contribution is 2.34. The topological polar surface area (TPSA) is 28.2 Å². The zero-order valence-electron chi connectivity index (χ0n) is 11.6. The molecule has 1 aliphatic heterocycles. The van der Waals surface area contributed by atoms with E-state index in [2.05, 4.69) is 34.6 Å². The number of hydrogen-bond acceptors (Lipinski definition) is 4. The maximum absolute atomic E-state index is 4.38. The van der Waals surface area contributed by atoms with Crippen LogP contribution in [-0.2, 0) is 6.54 Å². The molecule has 1 saturated heterocycles. The van der Waals surface area contributed by atoms with E-state index in [1.807, 2.05) is 5.51 Å². The number of aromatic nitrogens is 1. The van der Waals surface area contributed by atoms with Gasteiger partial charge in [-0.15, -0.1) is 11.3 Å². The second kappa shape index (κ2) is 6.64. The van der Waals surface area contributed by atoms with E-state index < -0.39 is 0 Å². The molecular weight excluding hydrogens is 242 g/mol. The second-order valence-electron chi connectivity index (χ2n) is 5.65. The molecule has 0 bridgehead atoms. The van der Waals surface area contributed by atoms with Gasteiger partial charge in [0.25, 0.3) is 0 Å². The zero-order valence-corrected chi connectivity index (χ0v) is 12.4. The molecule has 1 aliphatic rings. The molecule has 1 fully saturated rings. The molecule has 0 unspecified atom stereocenters. The Morgan fingerprint density at radius 2 is 2.22 bits per heavy atom. The van der Waals surface area contributed by atoms with Crippen LogP contribution in [0.1, 0.15) is 38.3 Å². The molecule has 3 nitrogen and oxygen atoms in total. The van der Waals surface area contributed by atoms with Crippen LogP contribution < -0.4 is 5.32 Å². The quantitative estimate of drug-likeness (QED) is 0.859. The van der Waals surface area contributed by atoms with E-state index in [4.69, 9.17) is 0 Å². The molecular formula is C14H25N3S. The highest BCUT2D eigenvalue weighted by Gasteiger charge is 2.32. The van der Waals surface area contributed by atoms with Gasteiger partial charge in [0.1, 0.15) is 0 Å². The molecule has 4 heteroatoms. The summed E-state index contributed by atoms with van der Waals surface area (Å²) in [6.07, 6.45) is 5.30. The molecule has 2 rings (SSSR count). The Labute approximate surface area is 115 Å². The fraction of sp³-hybridized carbons (Fsp3) is 0.786. The number of thiazole rings is 1. The van der Waals surface area contributed by atoms with Gasteiger partial charge >= 0.3 is 0 Å². The monoisotopic (exact) mass is 267 g/mol. The minimum atomic E-state index is 0.533. The summed E-state index contributed by atoms with van der Waals surface area (Å²) >= 11 is 1.69. The van der Waals surface area contributed by atoms with Crippen molar-refractivity contribution >= 4 is 11.3 Å². The molecule has 1 aromatic rings. The zero-order chi connectivity index (χ0) is 12.8. The average Bonchev–Trinajstić information content (AvgIpc) is 2.83. The average molecular weight is 267 g/mol. The van der Waals surface area contributed by atoms with Crippen molar-refractivity contribution in [3.63, 3.8) is 0 Å². The number of nitrogens with one attached hydrogen (secondary N) is 1. The molecule has 0 aliphatic carbocycles. The summed E-state index contributed by atoms with van der Waals surface area (Å²) in [4.78, 5) is 6.84. The van der Waals surface area contributed by atoms with Crippen LogP contribution >= 0.6 is 11.3 Å². The van der Waals surface area contributed by atoms with Gasteiger partial charge in [-0.05, 0) is 44.8 Å². The predicted octanol–water partition coefficient (Wildman–Crippen LogP) is 2.74. The Hall–Kier alpha value is -0.450. The first-order valence-electron chi connectivity index (χ1n) is 7.00. The third kappa shape index (κ3) is 3.77. The van der Waals surface area contributed by atoms with Gasteiger partial charge in [-0.2, -0.15) is 0 Å². The number of nitrogens with zero attached hydrogens (tertiary/aromatic N) is 2. The predicted molar refractivity (Wildman–Crippen MR) is 77.9 cm³/mol. The Balaban J connectivity index is 1.91. The molecule has 18 heavy (non-hydrogen) atoms. The summed E-state index contributed by atoms with van der Waals surface area (Å²) in [5.41, 5.74) is 3.67. The fourth-order valence-corrected chi connectivity index (χ4v) is 3.74. The third-order valence-corrected chi connectivity index (χ3v) is 4.60. The lowest BCUT2D eigenvalue weighted by atomic mass is 9.75. The van der Waals surface area contributed by atoms with Crippen LogP contribution in [0.4, 0.5) is 0 Å². The maximum atomic E-state index is 4.38. The van der Waals surface area contributed by atoms with Crippen molar-refractivity contribution in [1.29, 1.82) is 0 Å². The lowest BCUT2D eigenvalue weighted by Crippen LogP contribution is -2.43. The van der Waals surface area contributed by atoms with Crippen LogP contribution in [0.2, 0.25) is 0 Å². The van der Waals surface area contributed by atoms with E-state index in [1.165, 1.54) is 51.0 Å². The Kier molecular flexibility index (Phi) is 5.15. The number of piperidine rings is 1. The van der Waals surface area contributed by atoms with E-state index in [9.17, 15) is 0 Å². The van der Waals surface area contributed by atoms with E-state index in [-0.39, 0.29) is 0 Å². The molecule has 0 amide bonds. The van der Waals surface area contributed by atoms with Crippen molar-refractivity contribution < 1.29 is 0 Å². The van der Waals surface area contributed by atoms with Gasteiger partial charge in [0, 0.05) is 18.5 Å². The number of rotatable bonds is 6. The van der Waals surface area contributed by atoms with Crippen LogP contribution in [0.15, 0.2) is 10.9 Å². The maximum Gasteiger partial charge on any atom is 0.0795 e. The summed E-state index contributed by atoms with van der Waals surface area (Å²) in [6.45, 7) is 6.88. The first-order chi connectivity index (χ1) is 8.74. The summed E-state index contributed by atoms with van der Waals surface area (Å²) in [5.74, 6) is 0. The van der Waals surface area contributed by atoms with Gasteiger partial charge in [0.15, 0.2) is 0 Å². The molecule has 1 aromatic heterocycles. The summed E-state index contributed by atoms with van der Waals surface area (Å²) in [6, 6.07) is 0. The van der Waals surface area contributed by atoms with E-state index in [0.29, 0.717) is 5.41 Å². The highest BCUT2D eigenvalue weighted by atomic mass is 32.1. The van der Waals surface area contributed by atoms with Gasteiger partial charge in [0.2, 0.25) is 0 Å². The molecule has 0 atom stereocenters. The van der Waals surface area contributed by atoms with Crippen LogP contribution in [0.25, 0.3) is 0 Å². The van der Waals surface area contributed by atoms with E-state index >= 15 is 0 Å². The first kappa shape index (κ1) is 14.0. The SMILES string of the molecule is CCCC1(CN(C)Cc2cscn2)CCNCC1. The van der Waals surface area contributed by atoms with E-state index in [1.54, 1.807) is 11.3 Å². The third-order valence-electron chi connectivity index (χ3n) is 3.97. The summed E-state index contributed by atoms with van der Waals surface area (Å²) in [5, 5.41) is 5.65. The minimum Gasteiger partial charge on any atom is -0.317 e. The summed E-state index contributed by atoms with van der Waals surface area (Å²) < 4.78 is 0. The smallest absolute Gasteiger partial charge is 0.0795 e. The van der Waals surface area contributed by atoms with Crippen molar-refractivity contribution in [2.24, 2.45) is 5.41 Å². The molecule has 0 aromatic carbocycles. The van der Waals surface area contributed by atoms with Crippen LogP contribution in [0.5, 0.6) is 0 Å². The van der Waals surface area contributed by atoms with Gasteiger partial charge in [-0.1, -0.05) is 13.3 Å². The lowest BCUT2D eigenvalue weighted by Gasteiger charge is -2.40. The van der Waals surface area contributed by atoms with Crippen molar-refractivity contribution in [3.05, 3.63) is 16.6 Å². The van der Waals surface area contributed by atoms with Gasteiger partial charge in [-0.25, -0.2) is 4.98 Å². The van der Waals surface area contributed by atoms with Crippen LogP contribution in [0, 0.1) is 5.41 Å². The second-order valence-corrected chi connectivity index (χ2v) is 6.37. The number of hydrogen-bond donors (Lipinski definition) is 1. The first-order valence-corrected chi connectivity index (χ1v) is 7.95. The van der Waals surface area contributed by atoms with Crippen LogP contribution in [0.3, 0.4) is 0 Å². The van der Waals surface area contributed by atoms with Crippen molar-refractivity contribution in [2.75, 3.05) is 26.7 Å². The molecule has 102 valence electrons. The van der Waals surface area contributed by atoms with Gasteiger partial charge in [-0.3, -0.25) is 4.90 Å². The Morgan fingerprint density at radius 3 is 2.83 bits per heavy atom. The molecule has 0 radical (unpaired) electrons. The van der Waals surface area contributed by atoms with E-state index in [0.717, 1.165) is 6.54 Å². The Bertz CT molecular complexity index is 325. The molecule has 2 heterocycles. The molecule has 1 N–H and O–H groups in total. The van der Waals surface area contributed by atoms with Gasteiger partial charge < -0.3 is 5.32 Å². The highest BCUT2D eigenvalue weighted by molar-refractivity contribution is 7.07. The van der Waals surface area contributed by atoms with Crippen molar-refractivity contribution in [1.82, 2.24) is 15.2 Å². The normalized spacial score (nSPS) is 19.3. The minimum absolute atomic E-state index is 0.533. The van der Waals surface area contributed by atoms with Crippen molar-refractivity contribution in [3.8, 4) is 0 Å².